The van der Waals surface area contributed by atoms with E-state index in [-0.39, 0.29) is 21.1 Å². The van der Waals surface area contributed by atoms with E-state index in [0.717, 1.165) is 0 Å². The van der Waals surface area contributed by atoms with E-state index in [1.807, 2.05) is 0 Å². The van der Waals surface area contributed by atoms with Crippen LogP contribution in [0.25, 0.3) is 0 Å². The van der Waals surface area contributed by atoms with Crippen molar-refractivity contribution in [1.82, 2.24) is 0 Å². The Morgan fingerprint density at radius 1 is 0.900 bits per heavy atom. The van der Waals surface area contributed by atoms with Crippen molar-refractivity contribution < 1.29 is 30.4 Å². The number of hydrogen-bond acceptors (Lipinski definition) is 0. The summed E-state index contributed by atoms with van der Waals surface area (Å²) in [4.78, 5) is 0. The summed E-state index contributed by atoms with van der Waals surface area (Å²) in [5.74, 6) is 0. The molecular weight excluding hydrogens is 212 g/mol. The first-order valence-electron chi connectivity index (χ1n) is 1.74. The first-order valence-corrected chi connectivity index (χ1v) is 1.74. The minimum absolute atomic E-state index is 0. The van der Waals surface area contributed by atoms with Crippen LogP contribution < -0.4 is 0 Å². The van der Waals surface area contributed by atoms with Crippen molar-refractivity contribution in [3.8, 4) is 0 Å². The molecular formula is C7HMoO2-5. The van der Waals surface area contributed by atoms with E-state index >= 15 is 0 Å². The van der Waals surface area contributed by atoms with Gasteiger partial charge in [0.2, 0.25) is 0 Å². The molecule has 3 heteroatoms. The van der Waals surface area contributed by atoms with Gasteiger partial charge in [-0.1, -0.05) is 0 Å². The molecule has 0 aliphatic rings. The Kier molecular flexibility index (Phi) is 38.3. The van der Waals surface area contributed by atoms with Crippen LogP contribution in [0.15, 0.2) is 6.07 Å². The van der Waals surface area contributed by atoms with Crippen LogP contribution in [0, 0.1) is 37.6 Å². The van der Waals surface area contributed by atoms with Gasteiger partial charge >= 0.3 is 22.6 Å². The fourth-order valence-corrected chi connectivity index (χ4v) is 0.180. The second-order valence-corrected chi connectivity index (χ2v) is 0.683. The van der Waals surface area contributed by atoms with E-state index in [0.29, 0.717) is 0 Å². The number of rotatable bonds is 0. The molecule has 0 bridgehead atoms. The average molecular weight is 213 g/mol. The van der Waals surface area contributed by atoms with E-state index in [2.05, 4.69) is 37.6 Å². The molecule has 0 saturated heterocycles. The molecule has 0 heterocycles. The monoisotopic (exact) mass is 215 g/mol. The molecule has 1 aromatic rings. The van der Waals surface area contributed by atoms with Crippen LogP contribution in [0.5, 0.6) is 0 Å². The third-order valence-electron chi connectivity index (χ3n) is 0.351. The van der Waals surface area contributed by atoms with Gasteiger partial charge in [0.1, 0.15) is 0 Å². The predicted octanol–water partition coefficient (Wildman–Crippen LogP) is 0.529. The second kappa shape index (κ2) is 23.6. The van der Waals surface area contributed by atoms with Gasteiger partial charge in [-0.05, 0) is 0 Å². The second-order valence-electron chi connectivity index (χ2n) is 0.683. The molecule has 0 unspecified atom stereocenters. The molecule has 0 aliphatic heterocycles. The van der Waals surface area contributed by atoms with Gasteiger partial charge in [0, 0.05) is 21.1 Å². The van der Waals surface area contributed by atoms with Crippen molar-refractivity contribution in [3.05, 3.63) is 43.6 Å². The molecule has 1 rings (SSSR count). The van der Waals surface area contributed by atoms with Gasteiger partial charge in [-0.3, -0.25) is 0 Å². The van der Waals surface area contributed by atoms with Gasteiger partial charge < -0.3 is 30.3 Å². The first kappa shape index (κ1) is 16.3. The quantitative estimate of drug-likeness (QED) is 0.342. The van der Waals surface area contributed by atoms with Crippen molar-refractivity contribution in [2.45, 2.75) is 0 Å². The molecule has 0 spiro atoms. The maximum atomic E-state index is 7.50. The molecule has 2 nitrogen and oxygen atoms in total. The standard InChI is InChI=1S/C5H.2CO.Mo/c1-2-4-5-3-1;2*1-2;/h1H;;;/q-5;;;. The molecule has 10 heavy (non-hydrogen) atoms. The Hall–Kier alpha value is -0.482. The summed E-state index contributed by atoms with van der Waals surface area (Å²) in [6.45, 7) is 9.00. The maximum absolute atomic E-state index is 7.50. The van der Waals surface area contributed by atoms with Gasteiger partial charge in [-0.2, -0.15) is 0 Å². The Morgan fingerprint density at radius 3 is 1.30 bits per heavy atom. The normalized spacial score (nSPS) is 4.40. The number of hydrogen-bond donors (Lipinski definition) is 0. The summed E-state index contributed by atoms with van der Waals surface area (Å²) in [5.41, 5.74) is 0. The van der Waals surface area contributed by atoms with Crippen molar-refractivity contribution in [2.75, 3.05) is 0 Å². The van der Waals surface area contributed by atoms with E-state index in [1.165, 1.54) is 0 Å². The zero-order valence-electron chi connectivity index (χ0n) is 4.80. The largest absolute Gasteiger partial charge is 0.999 e. The Labute approximate surface area is 74.3 Å². The van der Waals surface area contributed by atoms with Gasteiger partial charge in [0.05, 0.1) is 0 Å². The fraction of sp³-hybridized carbons (Fsp3) is 0. The van der Waals surface area contributed by atoms with Crippen molar-refractivity contribution >= 4 is 0 Å². The van der Waals surface area contributed by atoms with Crippen LogP contribution in [0.3, 0.4) is 0 Å². The fourth-order valence-electron chi connectivity index (χ4n) is 0.180. The topological polar surface area (TPSA) is 39.8 Å². The summed E-state index contributed by atoms with van der Waals surface area (Å²) in [6, 6.07) is 12.0. The van der Waals surface area contributed by atoms with Crippen LogP contribution >= 0.6 is 0 Å². The molecule has 0 radical (unpaired) electrons. The zero-order chi connectivity index (χ0) is 7.54. The summed E-state index contributed by atoms with van der Waals surface area (Å²) in [5, 5.41) is 0. The third kappa shape index (κ3) is 15.6. The van der Waals surface area contributed by atoms with Crippen LogP contribution in [0.4, 0.5) is 0 Å². The van der Waals surface area contributed by atoms with Crippen LogP contribution in [-0.4, -0.2) is 0 Å². The van der Waals surface area contributed by atoms with Crippen LogP contribution in [-0.2, 0) is 30.4 Å². The Bertz CT molecular complexity index is 118. The summed E-state index contributed by atoms with van der Waals surface area (Å²) in [7, 11) is 0. The average Bonchev–Trinajstić information content (AvgIpc) is 2.51. The molecule has 0 saturated carbocycles. The summed E-state index contributed by atoms with van der Waals surface area (Å²) >= 11 is 0. The minimum atomic E-state index is 0. The maximum Gasteiger partial charge on any atom is 0 e. The van der Waals surface area contributed by atoms with Crippen molar-refractivity contribution in [3.63, 3.8) is 0 Å². The van der Waals surface area contributed by atoms with Crippen molar-refractivity contribution in [2.24, 2.45) is 0 Å². The molecule has 0 N–H and O–H groups in total. The van der Waals surface area contributed by atoms with Crippen molar-refractivity contribution in [1.29, 1.82) is 0 Å². The van der Waals surface area contributed by atoms with Gasteiger partial charge in [-0.25, -0.2) is 0 Å². The molecule has 52 valence electrons. The Balaban J connectivity index is -0.0000000875. The third-order valence-corrected chi connectivity index (χ3v) is 0.351. The molecule has 0 fully saturated rings. The SMILES string of the molecule is [C-]#[O+].[C-]#[O+].[Mo].[c-]1[c-][c-][cH-][c-]1. The molecule has 0 atom stereocenters. The molecule has 0 aliphatic carbocycles. The summed E-state index contributed by atoms with van der Waals surface area (Å²) in [6.07, 6.45) is 0. The van der Waals surface area contributed by atoms with E-state index in [9.17, 15) is 0 Å². The van der Waals surface area contributed by atoms with Gasteiger partial charge in [0.15, 0.2) is 0 Å². The van der Waals surface area contributed by atoms with Crippen LogP contribution in [0.2, 0.25) is 0 Å². The molecule has 0 aromatic heterocycles. The van der Waals surface area contributed by atoms with E-state index in [4.69, 9.17) is 9.30 Å². The van der Waals surface area contributed by atoms with Gasteiger partial charge in [0.25, 0.3) is 0 Å². The van der Waals surface area contributed by atoms with Crippen LogP contribution in [0.1, 0.15) is 0 Å². The van der Waals surface area contributed by atoms with E-state index in [1.54, 1.807) is 6.07 Å². The smallest absolute Gasteiger partial charge is 0 e. The summed E-state index contributed by atoms with van der Waals surface area (Å²) < 4.78 is 15.0. The molecule has 0 amide bonds. The zero-order valence-corrected chi connectivity index (χ0v) is 6.81. The molecule has 1 aromatic carbocycles. The predicted molar refractivity (Wildman–Crippen MR) is 25.2 cm³/mol. The first-order chi connectivity index (χ1) is 4.50. The Morgan fingerprint density at radius 2 is 1.20 bits per heavy atom. The minimum Gasteiger partial charge on any atom is -0.999 e. The van der Waals surface area contributed by atoms with E-state index < -0.39 is 0 Å². The van der Waals surface area contributed by atoms with Gasteiger partial charge in [-0.15, -0.1) is 0 Å².